The Kier molecular flexibility index (Phi) is 6.98. The molecule has 1 amide bonds. The van der Waals surface area contributed by atoms with E-state index in [1.54, 1.807) is 54.9 Å². The van der Waals surface area contributed by atoms with Crippen LogP contribution in [0.5, 0.6) is 0 Å². The van der Waals surface area contributed by atoms with Crippen LogP contribution < -0.4 is 5.32 Å². The van der Waals surface area contributed by atoms with Gasteiger partial charge in [0.1, 0.15) is 0 Å². The fourth-order valence-electron chi connectivity index (χ4n) is 2.66. The van der Waals surface area contributed by atoms with E-state index in [-0.39, 0.29) is 17.3 Å². The second-order valence-corrected chi connectivity index (χ2v) is 7.25. The smallest absolute Gasteiger partial charge is 0.338 e. The SMILES string of the molecule is CCOC(=O)c1ccc(NC(=O)CSc2nnc(-c3ccc([N+](=O)[O-])cc3)n2C)cc1. The number of thioether (sulfide) groups is 1. The average Bonchev–Trinajstić information content (AvgIpc) is 3.13. The number of hydrogen-bond donors (Lipinski definition) is 1. The molecule has 1 heterocycles. The van der Waals surface area contributed by atoms with Crippen LogP contribution in [0.3, 0.4) is 0 Å². The minimum Gasteiger partial charge on any atom is -0.462 e. The maximum absolute atomic E-state index is 12.3. The first-order valence-electron chi connectivity index (χ1n) is 9.23. The summed E-state index contributed by atoms with van der Waals surface area (Å²) in [5.74, 6) is -0.0190. The number of carbonyl (C=O) groups is 2. The zero-order chi connectivity index (χ0) is 22.4. The lowest BCUT2D eigenvalue weighted by atomic mass is 10.2. The molecule has 31 heavy (non-hydrogen) atoms. The summed E-state index contributed by atoms with van der Waals surface area (Å²) in [6, 6.07) is 12.4. The third-order valence-electron chi connectivity index (χ3n) is 4.18. The minimum atomic E-state index is -0.468. The van der Waals surface area contributed by atoms with Crippen molar-refractivity contribution in [3.8, 4) is 11.4 Å². The van der Waals surface area contributed by atoms with Crippen molar-refractivity contribution in [1.29, 1.82) is 0 Å². The molecule has 0 radical (unpaired) electrons. The van der Waals surface area contributed by atoms with E-state index in [1.165, 1.54) is 23.9 Å². The highest BCUT2D eigenvalue weighted by molar-refractivity contribution is 7.99. The second kappa shape index (κ2) is 9.85. The molecule has 3 aromatic rings. The zero-order valence-corrected chi connectivity index (χ0v) is 17.6. The number of nitrogens with zero attached hydrogens (tertiary/aromatic N) is 4. The molecular weight excluding hydrogens is 422 g/mol. The van der Waals surface area contributed by atoms with Crippen molar-refractivity contribution < 1.29 is 19.2 Å². The number of nitro groups is 1. The van der Waals surface area contributed by atoms with Gasteiger partial charge in [0.05, 0.1) is 22.8 Å². The molecule has 0 saturated heterocycles. The first-order valence-corrected chi connectivity index (χ1v) is 10.2. The number of non-ortho nitro benzene ring substituents is 1. The molecule has 0 spiro atoms. The molecule has 0 unspecified atom stereocenters. The van der Waals surface area contributed by atoms with Crippen LogP contribution in [0.2, 0.25) is 0 Å². The standard InChI is InChI=1S/C20H19N5O5S/c1-3-30-19(27)14-4-8-15(9-5-14)21-17(26)12-31-20-23-22-18(24(20)2)13-6-10-16(11-7-13)25(28)29/h4-11H,3,12H2,1-2H3,(H,21,26). The molecule has 1 aromatic heterocycles. The van der Waals surface area contributed by atoms with Gasteiger partial charge in [-0.3, -0.25) is 14.9 Å². The number of aromatic nitrogens is 3. The number of nitrogens with one attached hydrogen (secondary N) is 1. The van der Waals surface area contributed by atoms with Crippen molar-refractivity contribution in [2.24, 2.45) is 7.05 Å². The van der Waals surface area contributed by atoms with Crippen LogP contribution >= 0.6 is 11.8 Å². The highest BCUT2D eigenvalue weighted by Crippen LogP contribution is 2.24. The molecule has 0 aliphatic rings. The predicted molar refractivity (Wildman–Crippen MR) is 115 cm³/mol. The lowest BCUT2D eigenvalue weighted by Gasteiger charge is -2.07. The van der Waals surface area contributed by atoms with Crippen LogP contribution in [-0.4, -0.2) is 43.9 Å². The number of benzene rings is 2. The summed E-state index contributed by atoms with van der Waals surface area (Å²) in [7, 11) is 1.76. The Hall–Kier alpha value is -3.73. The quantitative estimate of drug-likeness (QED) is 0.244. The summed E-state index contributed by atoms with van der Waals surface area (Å²) >= 11 is 1.21. The fourth-order valence-corrected chi connectivity index (χ4v) is 3.37. The molecule has 0 aliphatic heterocycles. The van der Waals surface area contributed by atoms with Crippen molar-refractivity contribution in [1.82, 2.24) is 14.8 Å². The molecule has 160 valence electrons. The van der Waals surface area contributed by atoms with E-state index in [9.17, 15) is 19.7 Å². The Morgan fingerprint density at radius 3 is 2.42 bits per heavy atom. The van der Waals surface area contributed by atoms with Crippen LogP contribution in [0.1, 0.15) is 17.3 Å². The van der Waals surface area contributed by atoms with E-state index in [2.05, 4.69) is 15.5 Å². The van der Waals surface area contributed by atoms with Crippen LogP contribution in [0, 0.1) is 10.1 Å². The van der Waals surface area contributed by atoms with Gasteiger partial charge in [0.15, 0.2) is 11.0 Å². The fraction of sp³-hybridized carbons (Fsp3) is 0.200. The highest BCUT2D eigenvalue weighted by Gasteiger charge is 2.14. The molecular formula is C20H19N5O5S. The zero-order valence-electron chi connectivity index (χ0n) is 16.8. The number of ether oxygens (including phenoxy) is 1. The first-order chi connectivity index (χ1) is 14.9. The molecule has 0 saturated carbocycles. The largest absolute Gasteiger partial charge is 0.462 e. The van der Waals surface area contributed by atoms with Gasteiger partial charge in [0, 0.05) is 30.4 Å². The van der Waals surface area contributed by atoms with Gasteiger partial charge in [0.25, 0.3) is 5.69 Å². The van der Waals surface area contributed by atoms with Crippen molar-refractivity contribution in [2.45, 2.75) is 12.1 Å². The molecule has 1 N–H and O–H groups in total. The van der Waals surface area contributed by atoms with Crippen LogP contribution in [0.4, 0.5) is 11.4 Å². The third-order valence-corrected chi connectivity index (χ3v) is 5.20. The van der Waals surface area contributed by atoms with E-state index in [1.807, 2.05) is 0 Å². The summed E-state index contributed by atoms with van der Waals surface area (Å²) in [6.07, 6.45) is 0. The third kappa shape index (κ3) is 5.45. The molecule has 3 rings (SSSR count). The summed E-state index contributed by atoms with van der Waals surface area (Å²) in [4.78, 5) is 34.2. The van der Waals surface area contributed by atoms with Gasteiger partial charge < -0.3 is 14.6 Å². The number of anilines is 1. The van der Waals surface area contributed by atoms with Gasteiger partial charge in [-0.1, -0.05) is 11.8 Å². The van der Waals surface area contributed by atoms with E-state index in [4.69, 9.17) is 4.74 Å². The summed E-state index contributed by atoms with van der Waals surface area (Å²) < 4.78 is 6.64. The van der Waals surface area contributed by atoms with Gasteiger partial charge in [-0.05, 0) is 43.3 Å². The van der Waals surface area contributed by atoms with E-state index >= 15 is 0 Å². The Morgan fingerprint density at radius 2 is 1.81 bits per heavy atom. The molecule has 0 aliphatic carbocycles. The monoisotopic (exact) mass is 441 g/mol. The van der Waals surface area contributed by atoms with Crippen molar-refractivity contribution in [3.63, 3.8) is 0 Å². The average molecular weight is 441 g/mol. The molecule has 0 atom stereocenters. The number of esters is 1. The van der Waals surface area contributed by atoms with Crippen molar-refractivity contribution in [3.05, 3.63) is 64.2 Å². The van der Waals surface area contributed by atoms with Gasteiger partial charge >= 0.3 is 5.97 Å². The molecule has 11 heteroatoms. The van der Waals surface area contributed by atoms with Crippen molar-refractivity contribution in [2.75, 3.05) is 17.7 Å². The first kappa shape index (κ1) is 22.0. The van der Waals surface area contributed by atoms with Gasteiger partial charge in [-0.2, -0.15) is 0 Å². The van der Waals surface area contributed by atoms with Crippen LogP contribution in [-0.2, 0) is 16.6 Å². The summed E-state index contributed by atoms with van der Waals surface area (Å²) in [6.45, 7) is 2.03. The Bertz CT molecular complexity index is 1100. The Morgan fingerprint density at radius 1 is 1.13 bits per heavy atom. The number of nitro benzene ring substituents is 1. The maximum Gasteiger partial charge on any atom is 0.338 e. The van der Waals surface area contributed by atoms with Gasteiger partial charge in [0.2, 0.25) is 5.91 Å². The minimum absolute atomic E-state index is 0.00697. The molecule has 10 nitrogen and oxygen atoms in total. The Balaban J connectivity index is 1.58. The lowest BCUT2D eigenvalue weighted by Crippen LogP contribution is -2.14. The highest BCUT2D eigenvalue weighted by atomic mass is 32.2. The second-order valence-electron chi connectivity index (χ2n) is 6.30. The lowest BCUT2D eigenvalue weighted by molar-refractivity contribution is -0.384. The molecule has 0 fully saturated rings. The Labute approximate surface area is 181 Å². The number of hydrogen-bond acceptors (Lipinski definition) is 8. The normalized spacial score (nSPS) is 10.5. The molecule has 0 bridgehead atoms. The van der Waals surface area contributed by atoms with Gasteiger partial charge in [-0.15, -0.1) is 10.2 Å². The van der Waals surface area contributed by atoms with Crippen LogP contribution in [0.25, 0.3) is 11.4 Å². The van der Waals surface area contributed by atoms with Crippen molar-refractivity contribution >= 4 is 35.0 Å². The number of amides is 1. The molecule has 2 aromatic carbocycles. The maximum atomic E-state index is 12.3. The summed E-state index contributed by atoms with van der Waals surface area (Å²) in [5.41, 5.74) is 1.64. The number of carbonyl (C=O) groups excluding carboxylic acids is 2. The van der Waals surface area contributed by atoms with E-state index in [0.29, 0.717) is 34.4 Å². The predicted octanol–water partition coefficient (Wildman–Crippen LogP) is 3.30. The number of rotatable bonds is 8. The summed E-state index contributed by atoms with van der Waals surface area (Å²) in [5, 5.41) is 22.3. The van der Waals surface area contributed by atoms with E-state index < -0.39 is 10.9 Å². The van der Waals surface area contributed by atoms with Crippen LogP contribution in [0.15, 0.2) is 53.7 Å². The van der Waals surface area contributed by atoms with E-state index in [0.717, 1.165) is 0 Å². The van der Waals surface area contributed by atoms with Gasteiger partial charge in [-0.25, -0.2) is 4.79 Å². The topological polar surface area (TPSA) is 129 Å².